The molecular formula is C14H22F2N2. The molecule has 0 aliphatic rings. The molecule has 102 valence electrons. The van der Waals surface area contributed by atoms with Crippen molar-refractivity contribution in [2.75, 3.05) is 18.5 Å². The van der Waals surface area contributed by atoms with Crippen molar-refractivity contribution in [2.45, 2.75) is 39.8 Å². The average Bonchev–Trinajstić information content (AvgIpc) is 2.25. The van der Waals surface area contributed by atoms with Crippen LogP contribution in [0.2, 0.25) is 0 Å². The Morgan fingerprint density at radius 1 is 1.22 bits per heavy atom. The van der Waals surface area contributed by atoms with Crippen LogP contribution in [-0.2, 0) is 6.54 Å². The molecule has 1 rings (SSSR count). The van der Waals surface area contributed by atoms with Gasteiger partial charge in [-0.2, -0.15) is 0 Å². The summed E-state index contributed by atoms with van der Waals surface area (Å²) in [6, 6.07) is 3.10. The maximum absolute atomic E-state index is 13.9. The van der Waals surface area contributed by atoms with E-state index in [2.05, 4.69) is 5.32 Å². The van der Waals surface area contributed by atoms with Crippen LogP contribution in [0.4, 0.5) is 14.5 Å². The SMILES string of the molecule is CCCN(C)c1c(F)cc(CNC(C)C)cc1F. The highest BCUT2D eigenvalue weighted by atomic mass is 19.1. The van der Waals surface area contributed by atoms with Crippen LogP contribution in [0, 0.1) is 11.6 Å². The van der Waals surface area contributed by atoms with Crippen molar-refractivity contribution >= 4 is 5.69 Å². The third-order valence-corrected chi connectivity index (χ3v) is 2.73. The van der Waals surface area contributed by atoms with Gasteiger partial charge in [-0.3, -0.25) is 0 Å². The highest BCUT2D eigenvalue weighted by Crippen LogP contribution is 2.24. The van der Waals surface area contributed by atoms with Crippen molar-refractivity contribution in [1.29, 1.82) is 0 Å². The maximum atomic E-state index is 13.9. The Hall–Kier alpha value is -1.16. The lowest BCUT2D eigenvalue weighted by Crippen LogP contribution is -2.23. The smallest absolute Gasteiger partial charge is 0.149 e. The number of nitrogens with one attached hydrogen (secondary N) is 1. The molecular weight excluding hydrogens is 234 g/mol. The fourth-order valence-electron chi connectivity index (χ4n) is 1.85. The summed E-state index contributed by atoms with van der Waals surface area (Å²) >= 11 is 0. The first-order valence-corrected chi connectivity index (χ1v) is 6.38. The summed E-state index contributed by atoms with van der Waals surface area (Å²) < 4.78 is 27.8. The summed E-state index contributed by atoms with van der Waals surface area (Å²) in [4.78, 5) is 1.62. The molecule has 2 nitrogen and oxygen atoms in total. The van der Waals surface area contributed by atoms with E-state index in [9.17, 15) is 8.78 Å². The molecule has 1 N–H and O–H groups in total. The minimum Gasteiger partial charge on any atom is -0.370 e. The number of benzene rings is 1. The van der Waals surface area contributed by atoms with Crippen LogP contribution < -0.4 is 10.2 Å². The van der Waals surface area contributed by atoms with Crippen LogP contribution in [0.1, 0.15) is 32.8 Å². The molecule has 0 unspecified atom stereocenters. The largest absolute Gasteiger partial charge is 0.370 e. The zero-order valence-corrected chi connectivity index (χ0v) is 11.6. The van der Waals surface area contributed by atoms with Crippen molar-refractivity contribution in [3.63, 3.8) is 0 Å². The van der Waals surface area contributed by atoms with E-state index in [1.807, 2.05) is 20.8 Å². The van der Waals surface area contributed by atoms with Gasteiger partial charge >= 0.3 is 0 Å². The summed E-state index contributed by atoms with van der Waals surface area (Å²) in [6.07, 6.45) is 0.853. The van der Waals surface area contributed by atoms with Crippen LogP contribution in [0.3, 0.4) is 0 Å². The van der Waals surface area contributed by atoms with Gasteiger partial charge in [0.1, 0.15) is 17.3 Å². The second-order valence-corrected chi connectivity index (χ2v) is 4.87. The van der Waals surface area contributed by atoms with E-state index in [1.165, 1.54) is 12.1 Å². The molecule has 0 aliphatic carbocycles. The topological polar surface area (TPSA) is 15.3 Å². The Balaban J connectivity index is 2.90. The van der Waals surface area contributed by atoms with Crippen LogP contribution in [-0.4, -0.2) is 19.6 Å². The predicted molar refractivity (Wildman–Crippen MR) is 71.9 cm³/mol. The van der Waals surface area contributed by atoms with Gasteiger partial charge in [0.2, 0.25) is 0 Å². The van der Waals surface area contributed by atoms with E-state index < -0.39 is 11.6 Å². The first-order valence-electron chi connectivity index (χ1n) is 6.38. The van der Waals surface area contributed by atoms with E-state index in [4.69, 9.17) is 0 Å². The van der Waals surface area contributed by atoms with Gasteiger partial charge in [-0.05, 0) is 24.1 Å². The predicted octanol–water partition coefficient (Wildman–Crippen LogP) is 3.31. The Morgan fingerprint density at radius 2 is 1.78 bits per heavy atom. The van der Waals surface area contributed by atoms with Crippen molar-refractivity contribution in [1.82, 2.24) is 5.32 Å². The first kappa shape index (κ1) is 14.9. The van der Waals surface area contributed by atoms with E-state index in [0.717, 1.165) is 6.42 Å². The molecule has 0 aliphatic heterocycles. The van der Waals surface area contributed by atoms with E-state index >= 15 is 0 Å². The highest BCUT2D eigenvalue weighted by Gasteiger charge is 2.14. The van der Waals surface area contributed by atoms with Gasteiger partial charge in [-0.15, -0.1) is 0 Å². The molecule has 0 radical (unpaired) electrons. The zero-order chi connectivity index (χ0) is 13.7. The monoisotopic (exact) mass is 256 g/mol. The number of hydrogen-bond acceptors (Lipinski definition) is 2. The Kier molecular flexibility index (Phi) is 5.54. The standard InChI is InChI=1S/C14H22F2N2/c1-5-6-18(4)14-12(15)7-11(8-13(14)16)9-17-10(2)3/h7-8,10,17H,5-6,9H2,1-4H3. The molecule has 0 atom stereocenters. The summed E-state index contributed by atoms with van der Waals surface area (Å²) in [7, 11) is 1.71. The van der Waals surface area contributed by atoms with E-state index in [1.54, 1.807) is 11.9 Å². The summed E-state index contributed by atoms with van der Waals surface area (Å²) in [5.41, 5.74) is 0.692. The average molecular weight is 256 g/mol. The van der Waals surface area contributed by atoms with E-state index in [0.29, 0.717) is 24.7 Å². The first-order chi connectivity index (χ1) is 8.45. The number of halogens is 2. The number of nitrogens with zero attached hydrogens (tertiary/aromatic N) is 1. The molecule has 1 aromatic rings. The highest BCUT2D eigenvalue weighted by molar-refractivity contribution is 5.50. The van der Waals surface area contributed by atoms with Crippen LogP contribution in [0.25, 0.3) is 0 Å². The maximum Gasteiger partial charge on any atom is 0.149 e. The Morgan fingerprint density at radius 3 is 2.22 bits per heavy atom. The van der Waals surface area contributed by atoms with Crippen molar-refractivity contribution in [2.24, 2.45) is 0 Å². The molecule has 0 aromatic heterocycles. The quantitative estimate of drug-likeness (QED) is 0.840. The molecule has 0 heterocycles. The minimum atomic E-state index is -0.494. The molecule has 0 saturated heterocycles. The number of anilines is 1. The normalized spacial score (nSPS) is 11.1. The van der Waals surface area contributed by atoms with E-state index in [-0.39, 0.29) is 5.69 Å². The summed E-state index contributed by atoms with van der Waals surface area (Å²) in [5, 5.41) is 3.14. The van der Waals surface area contributed by atoms with Crippen LogP contribution >= 0.6 is 0 Å². The Bertz CT molecular complexity index is 368. The molecule has 1 aromatic carbocycles. The lowest BCUT2D eigenvalue weighted by molar-refractivity contribution is 0.557. The minimum absolute atomic E-state index is 0.0603. The van der Waals surface area contributed by atoms with Gasteiger partial charge in [-0.25, -0.2) is 8.78 Å². The molecule has 18 heavy (non-hydrogen) atoms. The zero-order valence-electron chi connectivity index (χ0n) is 11.6. The van der Waals surface area contributed by atoms with Gasteiger partial charge < -0.3 is 10.2 Å². The molecule has 0 amide bonds. The van der Waals surface area contributed by atoms with Crippen LogP contribution in [0.15, 0.2) is 12.1 Å². The lowest BCUT2D eigenvalue weighted by atomic mass is 10.1. The number of hydrogen-bond donors (Lipinski definition) is 1. The van der Waals surface area contributed by atoms with Gasteiger partial charge in [0, 0.05) is 26.2 Å². The summed E-state index contributed by atoms with van der Waals surface area (Å²) in [6.45, 7) is 7.08. The second kappa shape index (κ2) is 6.69. The molecule has 0 bridgehead atoms. The van der Waals surface area contributed by atoms with Gasteiger partial charge in [0.05, 0.1) is 0 Å². The van der Waals surface area contributed by atoms with Gasteiger partial charge in [0.15, 0.2) is 0 Å². The Labute approximate surface area is 108 Å². The molecule has 0 spiro atoms. The van der Waals surface area contributed by atoms with Crippen molar-refractivity contribution < 1.29 is 8.78 Å². The fourth-order valence-corrected chi connectivity index (χ4v) is 1.85. The third kappa shape index (κ3) is 3.95. The fraction of sp³-hybridized carbons (Fsp3) is 0.571. The lowest BCUT2D eigenvalue weighted by Gasteiger charge is -2.20. The van der Waals surface area contributed by atoms with Crippen molar-refractivity contribution in [3.8, 4) is 0 Å². The van der Waals surface area contributed by atoms with Crippen molar-refractivity contribution in [3.05, 3.63) is 29.3 Å². The van der Waals surface area contributed by atoms with Gasteiger partial charge in [0.25, 0.3) is 0 Å². The third-order valence-electron chi connectivity index (χ3n) is 2.73. The number of rotatable bonds is 6. The molecule has 4 heteroatoms. The molecule has 0 fully saturated rings. The van der Waals surface area contributed by atoms with Gasteiger partial charge in [-0.1, -0.05) is 20.8 Å². The second-order valence-electron chi connectivity index (χ2n) is 4.87. The van der Waals surface area contributed by atoms with Crippen LogP contribution in [0.5, 0.6) is 0 Å². The summed E-state index contributed by atoms with van der Waals surface area (Å²) in [5.74, 6) is -0.988. The molecule has 0 saturated carbocycles.